The Morgan fingerprint density at radius 3 is 2.80 bits per heavy atom. The molecule has 1 unspecified atom stereocenters. The molecule has 0 heterocycles. The number of halogens is 2. The van der Waals surface area contributed by atoms with Crippen LogP contribution in [0.5, 0.6) is 0 Å². The predicted molar refractivity (Wildman–Crippen MR) is 49.5 cm³/mol. The van der Waals surface area contributed by atoms with Crippen molar-refractivity contribution >= 4 is 31.9 Å². The van der Waals surface area contributed by atoms with Crippen LogP contribution in [0.2, 0.25) is 0 Å². The van der Waals surface area contributed by atoms with Crippen molar-refractivity contribution in [2.45, 2.75) is 10.7 Å². The average Bonchev–Trinajstić information content (AvgIpc) is 1.96. The van der Waals surface area contributed by atoms with Crippen LogP contribution in [-0.4, -0.2) is 16.0 Å². The van der Waals surface area contributed by atoms with E-state index in [0.29, 0.717) is 0 Å². The molecule has 10 heavy (non-hydrogen) atoms. The lowest BCUT2D eigenvalue weighted by molar-refractivity contribution is 0.272. The maximum atomic E-state index is 8.89. The Bertz CT molecular complexity index is 186. The Morgan fingerprint density at radius 1 is 1.70 bits per heavy atom. The van der Waals surface area contributed by atoms with Crippen molar-refractivity contribution in [1.82, 2.24) is 0 Å². The molecule has 0 spiro atoms. The lowest BCUT2D eigenvalue weighted by Crippen LogP contribution is -2.23. The molecule has 0 saturated heterocycles. The maximum absolute atomic E-state index is 8.89. The smallest absolute Gasteiger partial charge is 0.0705 e. The fourth-order valence-electron chi connectivity index (χ4n) is 0.749. The Balaban J connectivity index is 2.67. The zero-order valence-electron chi connectivity index (χ0n) is 5.35. The van der Waals surface area contributed by atoms with Crippen molar-refractivity contribution in [2.75, 3.05) is 6.61 Å². The molecule has 1 nitrogen and oxygen atoms in total. The van der Waals surface area contributed by atoms with Crippen LogP contribution < -0.4 is 0 Å². The van der Waals surface area contributed by atoms with E-state index < -0.39 is 0 Å². The highest BCUT2D eigenvalue weighted by Gasteiger charge is 2.22. The van der Waals surface area contributed by atoms with E-state index in [4.69, 9.17) is 5.11 Å². The number of aliphatic hydroxyl groups is 1. The van der Waals surface area contributed by atoms with Crippen LogP contribution in [0.15, 0.2) is 22.7 Å². The molecule has 1 atom stereocenters. The molecule has 0 aliphatic heterocycles. The molecule has 1 N–H and O–H groups in total. The number of allylic oxidation sites excluding steroid dienone is 3. The summed E-state index contributed by atoms with van der Waals surface area (Å²) in [6.07, 6.45) is 6.76. The molecule has 3 heteroatoms. The standard InChI is InChI=1S/C7H8Br2O/c8-6-1-3-7(9,5-10)4-2-6/h1-3,10H,4-5H2. The van der Waals surface area contributed by atoms with Crippen molar-refractivity contribution in [3.8, 4) is 0 Å². The van der Waals surface area contributed by atoms with E-state index in [9.17, 15) is 0 Å². The fourth-order valence-corrected chi connectivity index (χ4v) is 1.34. The number of rotatable bonds is 1. The van der Waals surface area contributed by atoms with Crippen molar-refractivity contribution in [2.24, 2.45) is 0 Å². The summed E-state index contributed by atoms with van der Waals surface area (Å²) in [6, 6.07) is 0. The van der Waals surface area contributed by atoms with Crippen molar-refractivity contribution in [1.29, 1.82) is 0 Å². The second-order valence-corrected chi connectivity index (χ2v) is 4.81. The highest BCUT2D eigenvalue weighted by Crippen LogP contribution is 2.30. The third-order valence-electron chi connectivity index (χ3n) is 1.44. The maximum Gasteiger partial charge on any atom is 0.0705 e. The van der Waals surface area contributed by atoms with Gasteiger partial charge in [0.15, 0.2) is 0 Å². The van der Waals surface area contributed by atoms with E-state index in [2.05, 4.69) is 31.9 Å². The van der Waals surface area contributed by atoms with Crippen LogP contribution in [0, 0.1) is 0 Å². The van der Waals surface area contributed by atoms with Gasteiger partial charge in [0.05, 0.1) is 10.9 Å². The summed E-state index contributed by atoms with van der Waals surface area (Å²) in [4.78, 5) is 0. The number of alkyl halides is 1. The summed E-state index contributed by atoms with van der Waals surface area (Å²) in [5.74, 6) is 0. The Kier molecular flexibility index (Phi) is 2.72. The second-order valence-electron chi connectivity index (χ2n) is 2.32. The third-order valence-corrected chi connectivity index (χ3v) is 2.87. The average molecular weight is 268 g/mol. The number of aliphatic hydroxyl groups excluding tert-OH is 1. The van der Waals surface area contributed by atoms with Crippen LogP contribution in [0.4, 0.5) is 0 Å². The van der Waals surface area contributed by atoms with Crippen molar-refractivity contribution < 1.29 is 5.11 Å². The van der Waals surface area contributed by atoms with E-state index in [0.717, 1.165) is 10.9 Å². The first-order chi connectivity index (χ1) is 4.66. The minimum Gasteiger partial charge on any atom is -0.395 e. The molecular formula is C7H8Br2O. The van der Waals surface area contributed by atoms with E-state index in [1.54, 1.807) is 0 Å². The number of hydrogen-bond donors (Lipinski definition) is 1. The molecule has 0 aromatic rings. The Morgan fingerprint density at radius 2 is 2.40 bits per heavy atom. The van der Waals surface area contributed by atoms with Gasteiger partial charge in [-0.1, -0.05) is 50.1 Å². The number of hydrogen-bond acceptors (Lipinski definition) is 1. The minimum atomic E-state index is -0.218. The topological polar surface area (TPSA) is 20.2 Å². The second kappa shape index (κ2) is 3.20. The van der Waals surface area contributed by atoms with Crippen molar-refractivity contribution in [3.63, 3.8) is 0 Å². The van der Waals surface area contributed by atoms with Gasteiger partial charge in [0.1, 0.15) is 0 Å². The molecule has 0 bridgehead atoms. The third kappa shape index (κ3) is 1.94. The summed E-state index contributed by atoms with van der Waals surface area (Å²) in [6.45, 7) is 0.139. The quantitative estimate of drug-likeness (QED) is 0.724. The summed E-state index contributed by atoms with van der Waals surface area (Å²) in [7, 11) is 0. The molecule has 56 valence electrons. The lowest BCUT2D eigenvalue weighted by atomic mass is 10.0. The van der Waals surface area contributed by atoms with E-state index in [1.165, 1.54) is 0 Å². The minimum absolute atomic E-state index is 0.139. The summed E-state index contributed by atoms with van der Waals surface area (Å²) >= 11 is 6.76. The highest BCUT2D eigenvalue weighted by molar-refractivity contribution is 9.12. The first kappa shape index (κ1) is 8.50. The first-order valence-electron chi connectivity index (χ1n) is 3.01. The summed E-state index contributed by atoms with van der Waals surface area (Å²) in [5.41, 5.74) is 0. The van der Waals surface area contributed by atoms with Crippen molar-refractivity contribution in [3.05, 3.63) is 22.7 Å². The fraction of sp³-hybridized carbons (Fsp3) is 0.429. The predicted octanol–water partition coefficient (Wildman–Crippen LogP) is 2.35. The van der Waals surface area contributed by atoms with Gasteiger partial charge >= 0.3 is 0 Å². The van der Waals surface area contributed by atoms with Crippen LogP contribution in [0.3, 0.4) is 0 Å². The summed E-state index contributed by atoms with van der Waals surface area (Å²) in [5, 5.41) is 8.89. The molecule has 1 aliphatic rings. The van der Waals surface area contributed by atoms with Gasteiger partial charge in [-0.15, -0.1) is 0 Å². The molecule has 0 amide bonds. The lowest BCUT2D eigenvalue weighted by Gasteiger charge is -2.21. The van der Waals surface area contributed by atoms with Crippen LogP contribution in [0.1, 0.15) is 6.42 Å². The summed E-state index contributed by atoms with van der Waals surface area (Å²) < 4.78 is 0.862. The largest absolute Gasteiger partial charge is 0.395 e. The molecule has 1 rings (SSSR count). The highest BCUT2D eigenvalue weighted by atomic mass is 79.9. The molecular weight excluding hydrogens is 260 g/mol. The van der Waals surface area contributed by atoms with E-state index >= 15 is 0 Å². The van der Waals surface area contributed by atoms with Crippen LogP contribution in [0.25, 0.3) is 0 Å². The normalized spacial score (nSPS) is 32.1. The van der Waals surface area contributed by atoms with E-state index in [-0.39, 0.29) is 10.9 Å². The SMILES string of the molecule is OCC1(Br)C=CC(Br)=CC1. The molecule has 0 radical (unpaired) electrons. The van der Waals surface area contributed by atoms with Gasteiger partial charge in [0.25, 0.3) is 0 Å². The van der Waals surface area contributed by atoms with Gasteiger partial charge in [-0.05, 0) is 6.42 Å². The Hall–Kier alpha value is 0.400. The van der Waals surface area contributed by atoms with Gasteiger partial charge < -0.3 is 5.11 Å². The molecule has 1 aliphatic carbocycles. The van der Waals surface area contributed by atoms with Gasteiger partial charge in [0.2, 0.25) is 0 Å². The molecule has 0 fully saturated rings. The van der Waals surface area contributed by atoms with Gasteiger partial charge in [-0.3, -0.25) is 0 Å². The van der Waals surface area contributed by atoms with Crippen LogP contribution >= 0.6 is 31.9 Å². The molecule has 0 aromatic heterocycles. The van der Waals surface area contributed by atoms with Crippen LogP contribution in [-0.2, 0) is 0 Å². The monoisotopic (exact) mass is 266 g/mol. The Labute approximate surface area is 77.1 Å². The van der Waals surface area contributed by atoms with Gasteiger partial charge in [0, 0.05) is 4.48 Å². The molecule has 0 saturated carbocycles. The zero-order valence-corrected chi connectivity index (χ0v) is 8.52. The van der Waals surface area contributed by atoms with Gasteiger partial charge in [-0.25, -0.2) is 0 Å². The first-order valence-corrected chi connectivity index (χ1v) is 4.59. The van der Waals surface area contributed by atoms with Gasteiger partial charge in [-0.2, -0.15) is 0 Å². The molecule has 0 aromatic carbocycles. The van der Waals surface area contributed by atoms with E-state index in [1.807, 2.05) is 18.2 Å². The zero-order chi connectivity index (χ0) is 7.61.